The summed E-state index contributed by atoms with van der Waals surface area (Å²) in [6, 6.07) is 19.9. The lowest BCUT2D eigenvalue weighted by Crippen LogP contribution is -2.47. The van der Waals surface area contributed by atoms with Gasteiger partial charge in [0.1, 0.15) is 5.82 Å². The monoisotopic (exact) mass is 560 g/mol. The molecule has 1 atom stereocenters. The van der Waals surface area contributed by atoms with Crippen molar-refractivity contribution in [2.45, 2.75) is 62.5 Å². The summed E-state index contributed by atoms with van der Waals surface area (Å²) in [7, 11) is 0. The van der Waals surface area contributed by atoms with E-state index in [1.807, 2.05) is 24.5 Å². The first-order valence-corrected chi connectivity index (χ1v) is 14.0. The number of hydrogen-bond acceptors (Lipinski definition) is 5. The molecule has 0 bridgehead atoms. The van der Waals surface area contributed by atoms with Crippen LogP contribution >= 0.6 is 0 Å². The van der Waals surface area contributed by atoms with E-state index in [0.717, 1.165) is 51.8 Å². The molecule has 7 nitrogen and oxygen atoms in total. The van der Waals surface area contributed by atoms with Crippen molar-refractivity contribution in [3.8, 4) is 11.1 Å². The van der Waals surface area contributed by atoms with E-state index in [4.69, 9.17) is 14.9 Å². The first kappa shape index (κ1) is 30.1. The van der Waals surface area contributed by atoms with Gasteiger partial charge >= 0.3 is 11.9 Å². The minimum absolute atomic E-state index is 0.0145. The summed E-state index contributed by atoms with van der Waals surface area (Å²) in [5, 5.41) is 19.3. The number of ether oxygens (including phenoxy) is 1. The number of aromatic nitrogens is 1. The molecule has 2 heterocycles. The molecule has 216 valence electrons. The summed E-state index contributed by atoms with van der Waals surface area (Å²) in [5.41, 5.74) is 5.04. The number of nitrogens with one attached hydrogen (secondary N) is 1. The Kier molecular flexibility index (Phi) is 10.4. The van der Waals surface area contributed by atoms with Crippen LogP contribution in [0, 0.1) is 5.82 Å². The van der Waals surface area contributed by atoms with Crippen LogP contribution in [0.4, 0.5) is 4.39 Å². The molecule has 8 heteroatoms. The Balaban J connectivity index is 0.000000426. The van der Waals surface area contributed by atoms with Crippen molar-refractivity contribution in [2.75, 3.05) is 13.2 Å². The van der Waals surface area contributed by atoms with Gasteiger partial charge in [0.25, 0.3) is 0 Å². The zero-order chi connectivity index (χ0) is 29.1. The third kappa shape index (κ3) is 8.31. The van der Waals surface area contributed by atoms with E-state index < -0.39 is 11.9 Å². The van der Waals surface area contributed by atoms with Crippen LogP contribution in [-0.4, -0.2) is 45.9 Å². The molecule has 2 aromatic carbocycles. The molecule has 1 aliphatic carbocycles. The molecule has 1 aromatic heterocycles. The fourth-order valence-electron chi connectivity index (χ4n) is 6.15. The van der Waals surface area contributed by atoms with Crippen molar-refractivity contribution < 1.29 is 28.9 Å². The normalized spacial score (nSPS) is 19.5. The zero-order valence-corrected chi connectivity index (χ0v) is 23.1. The molecule has 0 amide bonds. The molecule has 1 saturated carbocycles. The lowest BCUT2D eigenvalue weighted by atomic mass is 9.66. The number of carboxylic acids is 2. The third-order valence-corrected chi connectivity index (χ3v) is 8.09. The Morgan fingerprint density at radius 2 is 1.59 bits per heavy atom. The van der Waals surface area contributed by atoms with E-state index in [0.29, 0.717) is 12.2 Å². The summed E-state index contributed by atoms with van der Waals surface area (Å²) >= 11 is 0. The minimum Gasteiger partial charge on any atom is -0.478 e. The van der Waals surface area contributed by atoms with Crippen LogP contribution in [0.25, 0.3) is 11.1 Å². The van der Waals surface area contributed by atoms with Crippen molar-refractivity contribution in [2.24, 2.45) is 0 Å². The van der Waals surface area contributed by atoms with Crippen molar-refractivity contribution in [3.63, 3.8) is 0 Å². The van der Waals surface area contributed by atoms with E-state index in [-0.39, 0.29) is 16.8 Å². The van der Waals surface area contributed by atoms with Crippen molar-refractivity contribution >= 4 is 11.9 Å². The highest BCUT2D eigenvalue weighted by molar-refractivity contribution is 5.89. The number of benzene rings is 2. The van der Waals surface area contributed by atoms with Crippen LogP contribution < -0.4 is 5.32 Å². The lowest BCUT2D eigenvalue weighted by Gasteiger charge is -2.47. The van der Waals surface area contributed by atoms with Gasteiger partial charge in [-0.15, -0.1) is 0 Å². The molecule has 0 unspecified atom stereocenters. The SMILES string of the molecule is Fc1ccc([C@]2(CCNCc3ccccc3-c3ccncc3)CCOC3(CCCC3)C2)cc1.O=C(O)/C=C/C(=O)O. The van der Waals surface area contributed by atoms with Crippen molar-refractivity contribution in [1.82, 2.24) is 10.3 Å². The highest BCUT2D eigenvalue weighted by Crippen LogP contribution is 2.50. The number of nitrogens with zero attached hydrogens (tertiary/aromatic N) is 1. The smallest absolute Gasteiger partial charge is 0.328 e. The fourth-order valence-corrected chi connectivity index (χ4v) is 6.15. The Labute approximate surface area is 240 Å². The van der Waals surface area contributed by atoms with Gasteiger partial charge in [0, 0.05) is 43.1 Å². The number of aliphatic carboxylic acids is 2. The van der Waals surface area contributed by atoms with Gasteiger partial charge in [-0.1, -0.05) is 49.2 Å². The van der Waals surface area contributed by atoms with Gasteiger partial charge in [-0.2, -0.15) is 0 Å². The number of hydrogen-bond donors (Lipinski definition) is 3. The maximum absolute atomic E-state index is 13.7. The molecule has 1 aliphatic heterocycles. The second-order valence-corrected chi connectivity index (χ2v) is 10.8. The predicted octanol–water partition coefficient (Wildman–Crippen LogP) is 6.14. The molecule has 41 heavy (non-hydrogen) atoms. The minimum atomic E-state index is -1.26. The summed E-state index contributed by atoms with van der Waals surface area (Å²) in [6.45, 7) is 2.53. The van der Waals surface area contributed by atoms with Crippen LogP contribution in [0.3, 0.4) is 0 Å². The number of carbonyl (C=O) groups is 2. The number of halogens is 1. The Morgan fingerprint density at radius 1 is 0.927 bits per heavy atom. The van der Waals surface area contributed by atoms with E-state index in [9.17, 15) is 14.0 Å². The Hall–Kier alpha value is -3.88. The fraction of sp³-hybridized carbons (Fsp3) is 0.364. The summed E-state index contributed by atoms with van der Waals surface area (Å²) in [6.07, 6.45) is 12.7. The van der Waals surface area contributed by atoms with Crippen LogP contribution in [0.5, 0.6) is 0 Å². The lowest BCUT2D eigenvalue weighted by molar-refractivity contribution is -0.134. The molecule has 2 aliphatic rings. The van der Waals surface area contributed by atoms with Gasteiger partial charge in [0.15, 0.2) is 0 Å². The van der Waals surface area contributed by atoms with Crippen molar-refractivity contribution in [3.05, 3.63) is 102 Å². The van der Waals surface area contributed by atoms with Gasteiger partial charge in [-0.05, 0) is 85.2 Å². The number of carboxylic acid groups (broad SMARTS) is 2. The standard InChI is InChI=1S/C29H33FN2O.C4H4O4/c30-26-9-7-25(8-10-26)28(16-20-33-29(22-28)13-3-4-14-29)15-19-32-21-24-5-1-2-6-27(24)23-11-17-31-18-12-23;5-3(6)1-2-4(7)8/h1-2,5-12,17-18,32H,3-4,13-16,19-22H2;1-2H,(H,5,6)(H,7,8)/b;2-1+/t28-;/m1./s1. The van der Waals surface area contributed by atoms with Gasteiger partial charge in [-0.25, -0.2) is 14.0 Å². The van der Waals surface area contributed by atoms with Gasteiger partial charge in [0.05, 0.1) is 5.60 Å². The molecule has 0 radical (unpaired) electrons. The van der Waals surface area contributed by atoms with E-state index >= 15 is 0 Å². The zero-order valence-electron chi connectivity index (χ0n) is 23.1. The molecule has 3 N–H and O–H groups in total. The van der Waals surface area contributed by atoms with E-state index in [1.54, 1.807) is 12.1 Å². The largest absolute Gasteiger partial charge is 0.478 e. The maximum atomic E-state index is 13.7. The van der Waals surface area contributed by atoms with E-state index in [2.05, 4.69) is 46.7 Å². The first-order valence-electron chi connectivity index (χ1n) is 14.0. The molecular weight excluding hydrogens is 523 g/mol. The number of rotatable bonds is 9. The van der Waals surface area contributed by atoms with Crippen molar-refractivity contribution in [1.29, 1.82) is 0 Å². The summed E-state index contributed by atoms with van der Waals surface area (Å²) in [4.78, 5) is 23.3. The van der Waals surface area contributed by atoms with Crippen LogP contribution in [0.15, 0.2) is 85.2 Å². The highest BCUT2D eigenvalue weighted by Gasteiger charge is 2.47. The molecule has 1 spiro atoms. The average molecular weight is 561 g/mol. The number of pyridine rings is 1. The molecular formula is C33H37FN2O5. The third-order valence-electron chi connectivity index (χ3n) is 8.09. The average Bonchev–Trinajstić information content (AvgIpc) is 3.42. The second-order valence-electron chi connectivity index (χ2n) is 10.8. The Bertz CT molecular complexity index is 1310. The predicted molar refractivity (Wildman–Crippen MR) is 155 cm³/mol. The van der Waals surface area contributed by atoms with E-state index in [1.165, 1.54) is 35.1 Å². The van der Waals surface area contributed by atoms with Crippen LogP contribution in [0.2, 0.25) is 0 Å². The molecule has 1 saturated heterocycles. The highest BCUT2D eigenvalue weighted by atomic mass is 19.1. The summed E-state index contributed by atoms with van der Waals surface area (Å²) in [5.74, 6) is -2.68. The summed E-state index contributed by atoms with van der Waals surface area (Å²) < 4.78 is 20.1. The second kappa shape index (κ2) is 14.1. The molecule has 2 fully saturated rings. The topological polar surface area (TPSA) is 109 Å². The molecule has 5 rings (SSSR count). The Morgan fingerprint density at radius 3 is 2.24 bits per heavy atom. The van der Waals surface area contributed by atoms with Gasteiger partial charge in [0.2, 0.25) is 0 Å². The first-order chi connectivity index (χ1) is 19.8. The quantitative estimate of drug-likeness (QED) is 0.213. The molecule has 3 aromatic rings. The van der Waals surface area contributed by atoms with Crippen LogP contribution in [0.1, 0.15) is 56.1 Å². The van der Waals surface area contributed by atoms with Gasteiger partial charge in [-0.3, -0.25) is 4.98 Å². The van der Waals surface area contributed by atoms with Gasteiger partial charge < -0.3 is 20.3 Å². The maximum Gasteiger partial charge on any atom is 0.328 e. The van der Waals surface area contributed by atoms with Crippen LogP contribution in [-0.2, 0) is 26.3 Å².